The van der Waals surface area contributed by atoms with Crippen LogP contribution in [0.4, 0.5) is 0 Å². The van der Waals surface area contributed by atoms with Crippen molar-refractivity contribution < 1.29 is 14.7 Å². The van der Waals surface area contributed by atoms with Gasteiger partial charge in [0.1, 0.15) is 0 Å². The summed E-state index contributed by atoms with van der Waals surface area (Å²) >= 11 is 1.12. The standard InChI is InChI=1S/C13H18N2O3S/c1-3-15(12(16)8-19-9-13(17)18)7-11-6-4-5-10(2)14-11/h4-6H,3,7-9H2,1-2H3,(H,17,18). The Labute approximate surface area is 117 Å². The van der Waals surface area contributed by atoms with Gasteiger partial charge in [-0.05, 0) is 26.0 Å². The summed E-state index contributed by atoms with van der Waals surface area (Å²) in [6, 6.07) is 5.70. The van der Waals surface area contributed by atoms with Crippen molar-refractivity contribution >= 4 is 23.6 Å². The molecule has 0 aliphatic carbocycles. The van der Waals surface area contributed by atoms with Crippen molar-refractivity contribution in [1.29, 1.82) is 0 Å². The molecule has 1 aromatic rings. The molecule has 0 spiro atoms. The molecule has 0 radical (unpaired) electrons. The number of thioether (sulfide) groups is 1. The van der Waals surface area contributed by atoms with Crippen molar-refractivity contribution in [3.63, 3.8) is 0 Å². The number of hydrogen-bond acceptors (Lipinski definition) is 4. The summed E-state index contributed by atoms with van der Waals surface area (Å²) < 4.78 is 0. The van der Waals surface area contributed by atoms with Crippen molar-refractivity contribution in [1.82, 2.24) is 9.88 Å². The van der Waals surface area contributed by atoms with Crippen LogP contribution in [0.15, 0.2) is 18.2 Å². The fraction of sp³-hybridized carbons (Fsp3) is 0.462. The maximum atomic E-state index is 11.9. The van der Waals surface area contributed by atoms with Gasteiger partial charge in [0.05, 0.1) is 23.7 Å². The number of hydrogen-bond donors (Lipinski definition) is 1. The minimum Gasteiger partial charge on any atom is -0.481 e. The summed E-state index contributed by atoms with van der Waals surface area (Å²) in [7, 11) is 0. The van der Waals surface area contributed by atoms with Crippen LogP contribution in [0.2, 0.25) is 0 Å². The molecular formula is C13H18N2O3S. The van der Waals surface area contributed by atoms with E-state index < -0.39 is 5.97 Å². The Bertz CT molecular complexity index is 451. The minimum atomic E-state index is -0.902. The topological polar surface area (TPSA) is 70.5 Å². The van der Waals surface area contributed by atoms with Gasteiger partial charge in [0.2, 0.25) is 5.91 Å². The zero-order valence-corrected chi connectivity index (χ0v) is 11.9. The largest absolute Gasteiger partial charge is 0.481 e. The zero-order chi connectivity index (χ0) is 14.3. The second kappa shape index (κ2) is 7.78. The molecular weight excluding hydrogens is 264 g/mol. The number of nitrogens with zero attached hydrogens (tertiary/aromatic N) is 2. The number of carboxylic acids is 1. The molecule has 0 aliphatic rings. The lowest BCUT2D eigenvalue weighted by molar-refractivity contribution is -0.133. The summed E-state index contributed by atoms with van der Waals surface area (Å²) in [5, 5.41) is 8.53. The van der Waals surface area contributed by atoms with E-state index >= 15 is 0 Å². The van der Waals surface area contributed by atoms with E-state index in [0.29, 0.717) is 13.1 Å². The third-order valence-corrected chi connectivity index (χ3v) is 3.39. The molecule has 0 saturated carbocycles. The molecule has 6 heteroatoms. The quantitative estimate of drug-likeness (QED) is 0.821. The van der Waals surface area contributed by atoms with Crippen LogP contribution < -0.4 is 0 Å². The maximum absolute atomic E-state index is 11.9. The Morgan fingerprint density at radius 2 is 2.11 bits per heavy atom. The van der Waals surface area contributed by atoms with Crippen LogP contribution in [0.1, 0.15) is 18.3 Å². The second-order valence-electron chi connectivity index (χ2n) is 4.06. The molecule has 1 N–H and O–H groups in total. The van der Waals surface area contributed by atoms with Gasteiger partial charge in [-0.15, -0.1) is 11.8 Å². The zero-order valence-electron chi connectivity index (χ0n) is 11.1. The van der Waals surface area contributed by atoms with Crippen LogP contribution in [-0.2, 0) is 16.1 Å². The lowest BCUT2D eigenvalue weighted by Crippen LogP contribution is -2.32. The normalized spacial score (nSPS) is 10.2. The number of amides is 1. The molecule has 0 unspecified atom stereocenters. The summed E-state index contributed by atoms with van der Waals surface area (Å²) in [4.78, 5) is 28.4. The second-order valence-corrected chi connectivity index (χ2v) is 5.05. The molecule has 104 valence electrons. The molecule has 0 aliphatic heterocycles. The molecule has 5 nitrogen and oxygen atoms in total. The van der Waals surface area contributed by atoms with E-state index in [2.05, 4.69) is 4.98 Å². The van der Waals surface area contributed by atoms with Crippen LogP contribution in [-0.4, -0.2) is 44.9 Å². The first-order chi connectivity index (χ1) is 9.02. The molecule has 0 bridgehead atoms. The number of carbonyl (C=O) groups is 2. The highest BCUT2D eigenvalue weighted by atomic mass is 32.2. The van der Waals surface area contributed by atoms with Crippen LogP contribution in [0.5, 0.6) is 0 Å². The number of aliphatic carboxylic acids is 1. The minimum absolute atomic E-state index is 0.0496. The Balaban J connectivity index is 2.52. The predicted molar refractivity (Wildman–Crippen MR) is 75.0 cm³/mol. The molecule has 0 saturated heterocycles. The number of rotatable bonds is 7. The van der Waals surface area contributed by atoms with Crippen LogP contribution in [0, 0.1) is 6.92 Å². The number of aromatic nitrogens is 1. The van der Waals surface area contributed by atoms with Gasteiger partial charge in [0.15, 0.2) is 0 Å². The van der Waals surface area contributed by atoms with Crippen LogP contribution in [0.3, 0.4) is 0 Å². The lowest BCUT2D eigenvalue weighted by atomic mass is 10.3. The van der Waals surface area contributed by atoms with Gasteiger partial charge in [-0.2, -0.15) is 0 Å². The van der Waals surface area contributed by atoms with Crippen LogP contribution >= 0.6 is 11.8 Å². The fourth-order valence-electron chi connectivity index (χ4n) is 1.58. The van der Waals surface area contributed by atoms with E-state index in [9.17, 15) is 9.59 Å². The SMILES string of the molecule is CCN(Cc1cccc(C)n1)C(=O)CSCC(=O)O. The summed E-state index contributed by atoms with van der Waals surface area (Å²) in [6.07, 6.45) is 0. The molecule has 1 aromatic heterocycles. The molecule has 0 fully saturated rings. The van der Waals surface area contributed by atoms with Gasteiger partial charge >= 0.3 is 5.97 Å². The number of carbonyl (C=O) groups excluding carboxylic acids is 1. The summed E-state index contributed by atoms with van der Waals surface area (Å²) in [5.74, 6) is -0.823. The first-order valence-corrected chi connectivity index (χ1v) is 7.18. The van der Waals surface area contributed by atoms with Gasteiger partial charge in [0.25, 0.3) is 0 Å². The molecule has 19 heavy (non-hydrogen) atoms. The molecule has 0 aromatic carbocycles. The van der Waals surface area contributed by atoms with E-state index in [1.807, 2.05) is 32.0 Å². The molecule has 1 heterocycles. The predicted octanol–water partition coefficient (Wildman–Crippen LogP) is 1.56. The Morgan fingerprint density at radius 3 is 2.68 bits per heavy atom. The van der Waals surface area contributed by atoms with Crippen molar-refractivity contribution in [2.24, 2.45) is 0 Å². The Morgan fingerprint density at radius 1 is 1.37 bits per heavy atom. The van der Waals surface area contributed by atoms with Crippen molar-refractivity contribution in [3.8, 4) is 0 Å². The smallest absolute Gasteiger partial charge is 0.313 e. The van der Waals surface area contributed by atoms with E-state index in [4.69, 9.17) is 5.11 Å². The van der Waals surface area contributed by atoms with Gasteiger partial charge in [-0.3, -0.25) is 14.6 Å². The Hall–Kier alpha value is -1.56. The highest BCUT2D eigenvalue weighted by Gasteiger charge is 2.13. The summed E-state index contributed by atoms with van der Waals surface area (Å²) in [5.41, 5.74) is 1.76. The van der Waals surface area contributed by atoms with E-state index in [-0.39, 0.29) is 17.4 Å². The van der Waals surface area contributed by atoms with Crippen molar-refractivity contribution in [2.45, 2.75) is 20.4 Å². The van der Waals surface area contributed by atoms with E-state index in [1.54, 1.807) is 4.90 Å². The number of pyridine rings is 1. The maximum Gasteiger partial charge on any atom is 0.313 e. The monoisotopic (exact) mass is 282 g/mol. The first-order valence-electron chi connectivity index (χ1n) is 6.02. The van der Waals surface area contributed by atoms with Gasteiger partial charge in [-0.25, -0.2) is 0 Å². The Kier molecular flexibility index (Phi) is 6.35. The summed E-state index contributed by atoms with van der Waals surface area (Å²) in [6.45, 7) is 4.85. The average molecular weight is 282 g/mol. The third kappa shape index (κ3) is 5.74. The van der Waals surface area contributed by atoms with E-state index in [1.165, 1.54) is 0 Å². The lowest BCUT2D eigenvalue weighted by Gasteiger charge is -2.20. The fourth-order valence-corrected chi connectivity index (χ4v) is 2.21. The first kappa shape index (κ1) is 15.5. The molecule has 1 amide bonds. The van der Waals surface area contributed by atoms with Crippen molar-refractivity contribution in [2.75, 3.05) is 18.1 Å². The van der Waals surface area contributed by atoms with Gasteiger partial charge in [-0.1, -0.05) is 6.07 Å². The number of carboxylic acid groups (broad SMARTS) is 1. The van der Waals surface area contributed by atoms with Crippen LogP contribution in [0.25, 0.3) is 0 Å². The number of aryl methyl sites for hydroxylation is 1. The highest BCUT2D eigenvalue weighted by Crippen LogP contribution is 2.07. The van der Waals surface area contributed by atoms with E-state index in [0.717, 1.165) is 23.1 Å². The third-order valence-electron chi connectivity index (χ3n) is 2.48. The molecule has 0 atom stereocenters. The molecule has 1 rings (SSSR count). The van der Waals surface area contributed by atoms with Gasteiger partial charge < -0.3 is 10.0 Å². The highest BCUT2D eigenvalue weighted by molar-refractivity contribution is 8.00. The van der Waals surface area contributed by atoms with Crippen molar-refractivity contribution in [3.05, 3.63) is 29.6 Å². The van der Waals surface area contributed by atoms with Gasteiger partial charge in [0, 0.05) is 12.2 Å². The average Bonchev–Trinajstić information content (AvgIpc) is 2.35.